The van der Waals surface area contributed by atoms with E-state index in [4.69, 9.17) is 9.47 Å². The highest BCUT2D eigenvalue weighted by Crippen LogP contribution is 2.39. The van der Waals surface area contributed by atoms with Crippen molar-refractivity contribution in [3.63, 3.8) is 0 Å². The summed E-state index contributed by atoms with van der Waals surface area (Å²) in [4.78, 5) is 0. The summed E-state index contributed by atoms with van der Waals surface area (Å²) in [6, 6.07) is 3.31. The molecule has 1 saturated heterocycles. The van der Waals surface area contributed by atoms with Gasteiger partial charge >= 0.3 is 0 Å². The number of hydrogen-bond donors (Lipinski definition) is 1. The minimum absolute atomic E-state index is 0.137. The van der Waals surface area contributed by atoms with E-state index >= 15 is 0 Å². The molecule has 0 bridgehead atoms. The van der Waals surface area contributed by atoms with Crippen LogP contribution >= 0.6 is 0 Å². The lowest BCUT2D eigenvalue weighted by molar-refractivity contribution is 0.177. The maximum Gasteiger partial charge on any atom is 0.132 e. The molecule has 100 valence electrons. The van der Waals surface area contributed by atoms with Crippen molar-refractivity contribution in [2.75, 3.05) is 20.8 Å². The van der Waals surface area contributed by atoms with Crippen LogP contribution in [0.4, 0.5) is 4.39 Å². The molecule has 4 heteroatoms. The second-order valence-corrected chi connectivity index (χ2v) is 4.90. The van der Waals surface area contributed by atoms with Crippen LogP contribution < -0.4 is 10.1 Å². The van der Waals surface area contributed by atoms with Crippen LogP contribution in [0.5, 0.6) is 5.75 Å². The maximum absolute atomic E-state index is 13.8. The quantitative estimate of drug-likeness (QED) is 0.894. The lowest BCUT2D eigenvalue weighted by atomic mass is 9.88. The van der Waals surface area contributed by atoms with E-state index < -0.39 is 0 Å². The number of nitrogens with one attached hydrogen (secondary N) is 1. The largest absolute Gasteiger partial charge is 0.496 e. The number of benzene rings is 1. The molecule has 2 rings (SSSR count). The summed E-state index contributed by atoms with van der Waals surface area (Å²) in [7, 11) is 3.14. The van der Waals surface area contributed by atoms with E-state index in [1.165, 1.54) is 6.07 Å². The Labute approximate surface area is 107 Å². The van der Waals surface area contributed by atoms with Crippen LogP contribution in [0.3, 0.4) is 0 Å². The number of rotatable bonds is 4. The highest BCUT2D eigenvalue weighted by molar-refractivity contribution is 5.46. The lowest BCUT2D eigenvalue weighted by Crippen LogP contribution is -2.33. The van der Waals surface area contributed by atoms with Gasteiger partial charge in [-0.2, -0.15) is 0 Å². The fraction of sp³-hybridized carbons (Fsp3) is 0.571. The van der Waals surface area contributed by atoms with Crippen molar-refractivity contribution >= 4 is 0 Å². The second kappa shape index (κ2) is 5.24. The minimum atomic E-state index is -0.279. The van der Waals surface area contributed by atoms with Gasteiger partial charge in [0.05, 0.1) is 19.3 Å². The van der Waals surface area contributed by atoms with Gasteiger partial charge in [0, 0.05) is 18.2 Å². The van der Waals surface area contributed by atoms with Crippen molar-refractivity contribution in [3.05, 3.63) is 29.1 Å². The van der Waals surface area contributed by atoms with E-state index in [9.17, 15) is 4.39 Å². The molecule has 1 aromatic carbocycles. The van der Waals surface area contributed by atoms with E-state index in [2.05, 4.69) is 12.2 Å². The minimum Gasteiger partial charge on any atom is -0.496 e. The summed E-state index contributed by atoms with van der Waals surface area (Å²) < 4.78 is 24.3. The Morgan fingerprint density at radius 2 is 2.17 bits per heavy atom. The summed E-state index contributed by atoms with van der Waals surface area (Å²) in [5, 5.41) is 3.47. The molecule has 0 saturated carbocycles. The number of halogens is 1. The first-order valence-corrected chi connectivity index (χ1v) is 6.22. The van der Waals surface area contributed by atoms with Crippen molar-refractivity contribution in [1.82, 2.24) is 5.32 Å². The topological polar surface area (TPSA) is 30.5 Å². The van der Waals surface area contributed by atoms with Gasteiger partial charge in [-0.15, -0.1) is 0 Å². The molecule has 1 unspecified atom stereocenters. The predicted molar refractivity (Wildman–Crippen MR) is 68.3 cm³/mol. The first-order chi connectivity index (χ1) is 8.62. The van der Waals surface area contributed by atoms with E-state index in [0.717, 1.165) is 24.9 Å². The fourth-order valence-corrected chi connectivity index (χ4v) is 2.67. The van der Waals surface area contributed by atoms with Crippen molar-refractivity contribution in [2.24, 2.45) is 0 Å². The van der Waals surface area contributed by atoms with E-state index in [0.29, 0.717) is 11.3 Å². The number of methoxy groups -OCH3 is 2. The SMILES string of the molecule is COCc1c(F)ccc(C2(C)CCCN2)c1OC. The van der Waals surface area contributed by atoms with Gasteiger partial charge in [0.15, 0.2) is 0 Å². The first-order valence-electron chi connectivity index (χ1n) is 6.22. The Bertz CT molecular complexity index is 428. The van der Waals surface area contributed by atoms with Crippen LogP contribution in [0.25, 0.3) is 0 Å². The first kappa shape index (κ1) is 13.3. The zero-order valence-corrected chi connectivity index (χ0v) is 11.2. The molecule has 3 nitrogen and oxygen atoms in total. The number of ether oxygens (including phenoxy) is 2. The molecule has 1 aliphatic rings. The molecule has 1 N–H and O–H groups in total. The highest BCUT2D eigenvalue weighted by Gasteiger charge is 2.34. The van der Waals surface area contributed by atoms with Crippen molar-refractivity contribution in [3.8, 4) is 5.75 Å². The van der Waals surface area contributed by atoms with Gasteiger partial charge < -0.3 is 14.8 Å². The van der Waals surface area contributed by atoms with Crippen LogP contribution in [-0.2, 0) is 16.9 Å². The Hall–Kier alpha value is -1.13. The molecule has 0 radical (unpaired) electrons. The Balaban J connectivity index is 2.50. The molecule has 0 aromatic heterocycles. The summed E-state index contributed by atoms with van der Waals surface area (Å²) >= 11 is 0. The van der Waals surface area contributed by atoms with Gasteiger partial charge in [-0.05, 0) is 32.4 Å². The van der Waals surface area contributed by atoms with Gasteiger partial charge in [0.2, 0.25) is 0 Å². The zero-order chi connectivity index (χ0) is 13.2. The van der Waals surface area contributed by atoms with Gasteiger partial charge in [0.1, 0.15) is 11.6 Å². The average Bonchev–Trinajstić information content (AvgIpc) is 2.79. The Morgan fingerprint density at radius 1 is 1.39 bits per heavy atom. The molecule has 18 heavy (non-hydrogen) atoms. The molecule has 1 aliphatic heterocycles. The normalized spacial score (nSPS) is 23.3. The molecular weight excluding hydrogens is 233 g/mol. The second-order valence-electron chi connectivity index (χ2n) is 4.90. The standard InChI is InChI=1S/C14H20FNO2/c1-14(7-4-8-16-14)11-5-6-12(15)10(9-17-2)13(11)18-3/h5-6,16H,4,7-9H2,1-3H3. The smallest absolute Gasteiger partial charge is 0.132 e. The Morgan fingerprint density at radius 3 is 2.72 bits per heavy atom. The summed E-state index contributed by atoms with van der Waals surface area (Å²) in [6.07, 6.45) is 2.15. The summed E-state index contributed by atoms with van der Waals surface area (Å²) in [5.41, 5.74) is 1.37. The monoisotopic (exact) mass is 253 g/mol. The molecule has 0 aliphatic carbocycles. The third kappa shape index (κ3) is 2.22. The summed E-state index contributed by atoms with van der Waals surface area (Å²) in [6.45, 7) is 3.34. The Kier molecular flexibility index (Phi) is 3.88. The molecule has 1 fully saturated rings. The molecule has 0 spiro atoms. The van der Waals surface area contributed by atoms with E-state index in [1.807, 2.05) is 6.07 Å². The highest BCUT2D eigenvalue weighted by atomic mass is 19.1. The van der Waals surface area contributed by atoms with E-state index in [1.54, 1.807) is 14.2 Å². The van der Waals surface area contributed by atoms with Crippen molar-refractivity contribution < 1.29 is 13.9 Å². The van der Waals surface area contributed by atoms with E-state index in [-0.39, 0.29) is 18.0 Å². The van der Waals surface area contributed by atoms with Crippen molar-refractivity contribution in [2.45, 2.75) is 31.9 Å². The van der Waals surface area contributed by atoms with Crippen LogP contribution in [0.1, 0.15) is 30.9 Å². The number of hydrogen-bond acceptors (Lipinski definition) is 3. The lowest BCUT2D eigenvalue weighted by Gasteiger charge is -2.28. The van der Waals surface area contributed by atoms with Crippen molar-refractivity contribution in [1.29, 1.82) is 0 Å². The van der Waals surface area contributed by atoms with Crippen LogP contribution in [0, 0.1) is 5.82 Å². The molecule has 1 aromatic rings. The van der Waals surface area contributed by atoms with Gasteiger partial charge in [-0.3, -0.25) is 0 Å². The third-order valence-corrected chi connectivity index (χ3v) is 3.66. The summed E-state index contributed by atoms with van der Waals surface area (Å²) in [5.74, 6) is 0.327. The zero-order valence-electron chi connectivity index (χ0n) is 11.2. The van der Waals surface area contributed by atoms with Gasteiger partial charge in [0.25, 0.3) is 0 Å². The maximum atomic E-state index is 13.8. The van der Waals surface area contributed by atoms with Crippen LogP contribution in [0.2, 0.25) is 0 Å². The predicted octanol–water partition coefficient (Wildman–Crippen LogP) is 2.58. The molecule has 1 atom stereocenters. The molecular formula is C14H20FNO2. The van der Waals surface area contributed by atoms with Crippen LogP contribution in [-0.4, -0.2) is 20.8 Å². The third-order valence-electron chi connectivity index (χ3n) is 3.66. The average molecular weight is 253 g/mol. The molecule has 0 amide bonds. The van der Waals surface area contributed by atoms with Gasteiger partial charge in [-0.1, -0.05) is 6.07 Å². The van der Waals surface area contributed by atoms with Crippen LogP contribution in [0.15, 0.2) is 12.1 Å². The van der Waals surface area contributed by atoms with Gasteiger partial charge in [-0.25, -0.2) is 4.39 Å². The fourth-order valence-electron chi connectivity index (χ4n) is 2.67. The molecule has 1 heterocycles.